The van der Waals surface area contributed by atoms with E-state index in [1.54, 1.807) is 0 Å². The van der Waals surface area contributed by atoms with Crippen LogP contribution in [0.25, 0.3) is 0 Å². The molecule has 1 fully saturated rings. The summed E-state index contributed by atoms with van der Waals surface area (Å²) in [5, 5.41) is 30.8. The monoisotopic (exact) mass is 316 g/mol. The summed E-state index contributed by atoms with van der Waals surface area (Å²) < 4.78 is 5.98. The summed E-state index contributed by atoms with van der Waals surface area (Å²) in [5.41, 5.74) is 3.08. The molecular weight excluding hydrogens is 300 g/mol. The van der Waals surface area contributed by atoms with Gasteiger partial charge in [-0.1, -0.05) is 0 Å². The van der Waals surface area contributed by atoms with E-state index in [0.29, 0.717) is 0 Å². The van der Waals surface area contributed by atoms with Crippen molar-refractivity contribution in [2.24, 2.45) is 5.73 Å². The number of rotatable bonds is 4. The van der Waals surface area contributed by atoms with Crippen molar-refractivity contribution in [3.63, 3.8) is 0 Å². The first-order chi connectivity index (χ1) is 10.4. The van der Waals surface area contributed by atoms with Crippen LogP contribution in [-0.2, 0) is 9.53 Å². The van der Waals surface area contributed by atoms with Gasteiger partial charge < -0.3 is 31.1 Å². The quantitative estimate of drug-likeness (QED) is 0.325. The maximum Gasteiger partial charge on any atom is 0.330 e. The van der Waals surface area contributed by atoms with Gasteiger partial charge in [0.2, 0.25) is 5.91 Å². The number of aromatic nitrogens is 2. The standard InChI is InChI=1S/C11H16N4O7/c12-1-6(17)13-4-2-15(11(21)14-9(4)20)10-8(19)7(18)5(3-16)22-10/h2,5,7-8,10,16,18-19H,1,3,12H2,(H,13,17)(H,14,20,21)/t5-,7-,8-,10-/m1/s1. The fourth-order valence-electron chi connectivity index (χ4n) is 2.07. The van der Waals surface area contributed by atoms with Gasteiger partial charge in [-0.3, -0.25) is 19.1 Å². The van der Waals surface area contributed by atoms with E-state index in [2.05, 4.69) is 5.32 Å². The number of nitrogens with two attached hydrogens (primary N) is 1. The Balaban J connectivity index is 2.39. The average Bonchev–Trinajstić information content (AvgIpc) is 2.77. The number of hydrogen-bond donors (Lipinski definition) is 6. The Morgan fingerprint density at radius 3 is 2.64 bits per heavy atom. The maximum atomic E-state index is 11.8. The number of hydrogen-bond acceptors (Lipinski definition) is 8. The lowest BCUT2D eigenvalue weighted by Gasteiger charge is -2.18. The smallest absolute Gasteiger partial charge is 0.330 e. The molecule has 7 N–H and O–H groups in total. The number of H-pyrrole nitrogens is 1. The lowest BCUT2D eigenvalue weighted by Crippen LogP contribution is -2.39. The highest BCUT2D eigenvalue weighted by molar-refractivity contribution is 5.91. The fourth-order valence-corrected chi connectivity index (χ4v) is 2.07. The Labute approximate surface area is 122 Å². The first-order valence-electron chi connectivity index (χ1n) is 6.37. The number of carbonyl (C=O) groups excluding carboxylic acids is 1. The van der Waals surface area contributed by atoms with Crippen molar-refractivity contribution >= 4 is 11.6 Å². The molecular formula is C11H16N4O7. The van der Waals surface area contributed by atoms with Crippen LogP contribution < -0.4 is 22.3 Å². The van der Waals surface area contributed by atoms with Crippen molar-refractivity contribution in [2.75, 3.05) is 18.5 Å². The Morgan fingerprint density at radius 1 is 1.41 bits per heavy atom. The molecule has 0 aromatic carbocycles. The van der Waals surface area contributed by atoms with Gasteiger partial charge in [0.05, 0.1) is 13.2 Å². The molecule has 0 unspecified atom stereocenters. The van der Waals surface area contributed by atoms with E-state index >= 15 is 0 Å². The van der Waals surface area contributed by atoms with Crippen molar-refractivity contribution < 1.29 is 24.9 Å². The third-order valence-corrected chi connectivity index (χ3v) is 3.22. The first kappa shape index (κ1) is 16.3. The summed E-state index contributed by atoms with van der Waals surface area (Å²) in [6.07, 6.45) is -4.35. The van der Waals surface area contributed by atoms with Gasteiger partial charge in [0.15, 0.2) is 6.23 Å². The number of aliphatic hydroxyl groups is 3. The van der Waals surface area contributed by atoms with Crippen LogP contribution in [0.1, 0.15) is 6.23 Å². The molecule has 0 radical (unpaired) electrons. The zero-order valence-electron chi connectivity index (χ0n) is 11.3. The van der Waals surface area contributed by atoms with E-state index in [-0.39, 0.29) is 12.2 Å². The number of aromatic amines is 1. The normalized spacial score (nSPS) is 27.8. The van der Waals surface area contributed by atoms with Crippen molar-refractivity contribution in [1.29, 1.82) is 0 Å². The summed E-state index contributed by atoms with van der Waals surface area (Å²) in [7, 11) is 0. The number of nitrogens with one attached hydrogen (secondary N) is 2. The number of carbonyl (C=O) groups is 1. The molecule has 0 saturated carbocycles. The molecule has 2 rings (SSSR count). The molecule has 1 aromatic heterocycles. The predicted molar refractivity (Wildman–Crippen MR) is 72.0 cm³/mol. The molecule has 11 nitrogen and oxygen atoms in total. The van der Waals surface area contributed by atoms with Crippen LogP contribution >= 0.6 is 0 Å². The molecule has 1 saturated heterocycles. The number of aliphatic hydroxyl groups excluding tert-OH is 3. The minimum absolute atomic E-state index is 0.271. The highest BCUT2D eigenvalue weighted by atomic mass is 16.6. The van der Waals surface area contributed by atoms with E-state index in [9.17, 15) is 24.6 Å². The number of amides is 1. The van der Waals surface area contributed by atoms with Crippen molar-refractivity contribution in [2.45, 2.75) is 24.5 Å². The van der Waals surface area contributed by atoms with Crippen LogP contribution in [0.5, 0.6) is 0 Å². The zero-order valence-corrected chi connectivity index (χ0v) is 11.3. The lowest BCUT2D eigenvalue weighted by atomic mass is 10.1. The first-order valence-corrected chi connectivity index (χ1v) is 6.37. The molecule has 1 aliphatic rings. The fraction of sp³-hybridized carbons (Fsp3) is 0.545. The predicted octanol–water partition coefficient (Wildman–Crippen LogP) is -3.95. The van der Waals surface area contributed by atoms with Crippen molar-refractivity contribution in [3.05, 3.63) is 27.0 Å². The van der Waals surface area contributed by atoms with Gasteiger partial charge in [0.1, 0.15) is 24.0 Å². The Kier molecular flexibility index (Phi) is 4.73. The van der Waals surface area contributed by atoms with Crippen LogP contribution in [0.2, 0.25) is 0 Å². The minimum Gasteiger partial charge on any atom is -0.394 e. The summed E-state index contributed by atoms with van der Waals surface area (Å²) in [6, 6.07) is 0. The third-order valence-electron chi connectivity index (χ3n) is 3.22. The SMILES string of the molecule is NCC(=O)Nc1cn([C@@H]2O[C@H](CO)[C@@H](O)[C@H]2O)c(=O)[nH]c1=O. The van der Waals surface area contributed by atoms with E-state index in [1.807, 2.05) is 4.98 Å². The van der Waals surface area contributed by atoms with Gasteiger partial charge in [-0.25, -0.2) is 4.79 Å². The highest BCUT2D eigenvalue weighted by Gasteiger charge is 2.43. The van der Waals surface area contributed by atoms with Crippen LogP contribution in [0.3, 0.4) is 0 Å². The molecule has 0 aliphatic carbocycles. The van der Waals surface area contributed by atoms with Gasteiger partial charge in [0, 0.05) is 6.20 Å². The Hall–Kier alpha value is -2.05. The lowest BCUT2D eigenvalue weighted by molar-refractivity contribution is -0.114. The third kappa shape index (κ3) is 2.93. The average molecular weight is 316 g/mol. The molecule has 122 valence electrons. The largest absolute Gasteiger partial charge is 0.394 e. The summed E-state index contributed by atoms with van der Waals surface area (Å²) >= 11 is 0. The van der Waals surface area contributed by atoms with Gasteiger partial charge >= 0.3 is 5.69 Å². The molecule has 1 aliphatic heterocycles. The van der Waals surface area contributed by atoms with Gasteiger partial charge in [-0.05, 0) is 0 Å². The Bertz CT molecular complexity index is 669. The number of nitrogens with zero attached hydrogens (tertiary/aromatic N) is 1. The van der Waals surface area contributed by atoms with Crippen LogP contribution in [-0.4, -0.2) is 62.2 Å². The van der Waals surface area contributed by atoms with E-state index in [0.717, 1.165) is 10.8 Å². The summed E-state index contributed by atoms with van der Waals surface area (Å²) in [5.74, 6) is -0.656. The van der Waals surface area contributed by atoms with Crippen molar-refractivity contribution in [3.8, 4) is 0 Å². The van der Waals surface area contributed by atoms with Gasteiger partial charge in [-0.15, -0.1) is 0 Å². The molecule has 11 heteroatoms. The van der Waals surface area contributed by atoms with Gasteiger partial charge in [-0.2, -0.15) is 0 Å². The summed E-state index contributed by atoms with van der Waals surface area (Å²) in [4.78, 5) is 36.6. The topological polar surface area (TPSA) is 180 Å². The van der Waals surface area contributed by atoms with Crippen LogP contribution in [0, 0.1) is 0 Å². The second-order valence-electron chi connectivity index (χ2n) is 4.69. The number of ether oxygens (including phenoxy) is 1. The minimum atomic E-state index is -1.50. The molecule has 0 bridgehead atoms. The molecule has 1 amide bonds. The van der Waals surface area contributed by atoms with Crippen LogP contribution in [0.4, 0.5) is 5.69 Å². The summed E-state index contributed by atoms with van der Waals surface area (Å²) in [6.45, 7) is -0.935. The zero-order chi connectivity index (χ0) is 16.4. The molecule has 2 heterocycles. The molecule has 1 aromatic rings. The molecule has 4 atom stereocenters. The van der Waals surface area contributed by atoms with Gasteiger partial charge in [0.25, 0.3) is 5.56 Å². The van der Waals surface area contributed by atoms with E-state index in [1.165, 1.54) is 0 Å². The molecule has 22 heavy (non-hydrogen) atoms. The second-order valence-corrected chi connectivity index (χ2v) is 4.69. The van der Waals surface area contributed by atoms with E-state index < -0.39 is 48.3 Å². The van der Waals surface area contributed by atoms with Crippen molar-refractivity contribution in [1.82, 2.24) is 9.55 Å². The van der Waals surface area contributed by atoms with E-state index in [4.69, 9.17) is 15.6 Å². The van der Waals surface area contributed by atoms with Crippen LogP contribution in [0.15, 0.2) is 15.8 Å². The Morgan fingerprint density at radius 2 is 2.09 bits per heavy atom. The second kappa shape index (κ2) is 6.37. The number of anilines is 1. The maximum absolute atomic E-state index is 11.8. The molecule has 0 spiro atoms. The highest BCUT2D eigenvalue weighted by Crippen LogP contribution is 2.28.